The quantitative estimate of drug-likeness (QED) is 0.899. The number of carboxylic acids is 1. The standard InChI is InChI=1S/C14H16F3NO2/c1-9-4-2-3-7-18(9)12-6-5-10(14(15,16)17)8-11(12)13(19)20/h5-6,8-9H,2-4,7H2,1H3,(H,19,20). The van der Waals surface area contributed by atoms with Gasteiger partial charge in [-0.15, -0.1) is 0 Å². The fraction of sp³-hybridized carbons (Fsp3) is 0.500. The molecule has 0 spiro atoms. The highest BCUT2D eigenvalue weighted by atomic mass is 19.4. The normalized spacial score (nSPS) is 20.0. The average molecular weight is 287 g/mol. The van der Waals surface area contributed by atoms with Crippen LogP contribution in [0.5, 0.6) is 0 Å². The number of benzene rings is 1. The number of alkyl halides is 3. The van der Waals surface area contributed by atoms with Crippen LogP contribution in [-0.4, -0.2) is 23.7 Å². The summed E-state index contributed by atoms with van der Waals surface area (Å²) in [6.45, 7) is 2.63. The summed E-state index contributed by atoms with van der Waals surface area (Å²) in [4.78, 5) is 13.1. The topological polar surface area (TPSA) is 40.5 Å². The summed E-state index contributed by atoms with van der Waals surface area (Å²) in [5.41, 5.74) is -0.838. The van der Waals surface area contributed by atoms with Crippen molar-refractivity contribution in [2.24, 2.45) is 0 Å². The zero-order chi connectivity index (χ0) is 14.9. The van der Waals surface area contributed by atoms with Crippen LogP contribution in [0.3, 0.4) is 0 Å². The highest BCUT2D eigenvalue weighted by Crippen LogP contribution is 2.34. The van der Waals surface area contributed by atoms with E-state index in [-0.39, 0.29) is 11.6 Å². The molecule has 1 aliphatic heterocycles. The minimum atomic E-state index is -4.53. The molecule has 0 radical (unpaired) electrons. The number of piperidine rings is 1. The Morgan fingerprint density at radius 2 is 2.05 bits per heavy atom. The predicted octanol–water partition coefficient (Wildman–Crippen LogP) is 3.78. The van der Waals surface area contributed by atoms with E-state index in [2.05, 4.69) is 0 Å². The number of carbonyl (C=O) groups is 1. The van der Waals surface area contributed by atoms with Gasteiger partial charge < -0.3 is 10.0 Å². The maximum absolute atomic E-state index is 12.7. The van der Waals surface area contributed by atoms with Crippen LogP contribution >= 0.6 is 0 Å². The first kappa shape index (κ1) is 14.7. The van der Waals surface area contributed by atoms with E-state index in [9.17, 15) is 23.1 Å². The predicted molar refractivity (Wildman–Crippen MR) is 69.1 cm³/mol. The van der Waals surface area contributed by atoms with Gasteiger partial charge in [-0.25, -0.2) is 4.79 Å². The molecule has 1 aromatic rings. The monoisotopic (exact) mass is 287 g/mol. The van der Waals surface area contributed by atoms with Gasteiger partial charge in [0.05, 0.1) is 16.8 Å². The second-order valence-corrected chi connectivity index (χ2v) is 5.07. The van der Waals surface area contributed by atoms with E-state index >= 15 is 0 Å². The third-order valence-electron chi connectivity index (χ3n) is 3.67. The van der Waals surface area contributed by atoms with E-state index in [1.165, 1.54) is 6.07 Å². The van der Waals surface area contributed by atoms with Crippen molar-refractivity contribution in [3.05, 3.63) is 29.3 Å². The van der Waals surface area contributed by atoms with Crippen LogP contribution in [0.25, 0.3) is 0 Å². The summed E-state index contributed by atoms with van der Waals surface area (Å²) in [7, 11) is 0. The Kier molecular flexibility index (Phi) is 3.92. The maximum atomic E-state index is 12.7. The lowest BCUT2D eigenvalue weighted by Crippen LogP contribution is -2.38. The summed E-state index contributed by atoms with van der Waals surface area (Å²) >= 11 is 0. The minimum Gasteiger partial charge on any atom is -0.478 e. The molecule has 0 aliphatic carbocycles. The van der Waals surface area contributed by atoms with Crippen molar-refractivity contribution >= 4 is 11.7 Å². The van der Waals surface area contributed by atoms with Crippen molar-refractivity contribution < 1.29 is 23.1 Å². The fourth-order valence-corrected chi connectivity index (χ4v) is 2.59. The number of anilines is 1. The highest BCUT2D eigenvalue weighted by molar-refractivity contribution is 5.95. The Morgan fingerprint density at radius 3 is 2.60 bits per heavy atom. The molecule has 1 aliphatic rings. The smallest absolute Gasteiger partial charge is 0.416 e. The van der Waals surface area contributed by atoms with Gasteiger partial charge in [-0.05, 0) is 44.4 Å². The summed E-state index contributed by atoms with van der Waals surface area (Å²) in [5, 5.41) is 9.18. The molecular weight excluding hydrogens is 271 g/mol. The molecule has 6 heteroatoms. The molecular formula is C14H16F3NO2. The molecule has 1 N–H and O–H groups in total. The minimum absolute atomic E-state index is 0.138. The first-order chi connectivity index (χ1) is 9.30. The molecule has 1 unspecified atom stereocenters. The van der Waals surface area contributed by atoms with E-state index in [1.807, 2.05) is 11.8 Å². The van der Waals surface area contributed by atoms with Crippen LogP contribution in [0.4, 0.5) is 18.9 Å². The van der Waals surface area contributed by atoms with Crippen molar-refractivity contribution in [2.75, 3.05) is 11.4 Å². The van der Waals surface area contributed by atoms with Crippen molar-refractivity contribution in [2.45, 2.75) is 38.4 Å². The van der Waals surface area contributed by atoms with Gasteiger partial charge in [-0.1, -0.05) is 0 Å². The molecule has 0 saturated carbocycles. The van der Waals surface area contributed by atoms with Gasteiger partial charge in [0.1, 0.15) is 0 Å². The molecule has 1 heterocycles. The molecule has 2 rings (SSSR count). The molecule has 0 bridgehead atoms. The van der Waals surface area contributed by atoms with Gasteiger partial charge in [0.2, 0.25) is 0 Å². The first-order valence-corrected chi connectivity index (χ1v) is 6.52. The molecule has 1 saturated heterocycles. The van der Waals surface area contributed by atoms with E-state index < -0.39 is 17.7 Å². The Morgan fingerprint density at radius 1 is 1.35 bits per heavy atom. The van der Waals surface area contributed by atoms with Crippen LogP contribution in [0.2, 0.25) is 0 Å². The van der Waals surface area contributed by atoms with E-state index in [0.717, 1.165) is 31.4 Å². The third kappa shape index (κ3) is 2.89. The van der Waals surface area contributed by atoms with Crippen molar-refractivity contribution in [1.29, 1.82) is 0 Å². The molecule has 0 aromatic heterocycles. The second-order valence-electron chi connectivity index (χ2n) is 5.07. The lowest BCUT2D eigenvalue weighted by atomic mass is 10.00. The van der Waals surface area contributed by atoms with E-state index in [4.69, 9.17) is 0 Å². The molecule has 0 amide bonds. The summed E-state index contributed by atoms with van der Waals surface area (Å²) in [6, 6.07) is 3.08. The van der Waals surface area contributed by atoms with Gasteiger partial charge in [0, 0.05) is 12.6 Å². The number of nitrogens with zero attached hydrogens (tertiary/aromatic N) is 1. The SMILES string of the molecule is CC1CCCCN1c1ccc(C(F)(F)F)cc1C(=O)O. The van der Waals surface area contributed by atoms with Gasteiger partial charge >= 0.3 is 12.1 Å². The third-order valence-corrected chi connectivity index (χ3v) is 3.67. The van der Waals surface area contributed by atoms with Crippen LogP contribution in [0.15, 0.2) is 18.2 Å². The molecule has 1 fully saturated rings. The molecule has 1 atom stereocenters. The van der Waals surface area contributed by atoms with Crippen LogP contribution in [-0.2, 0) is 6.18 Å². The largest absolute Gasteiger partial charge is 0.478 e. The van der Waals surface area contributed by atoms with Gasteiger partial charge in [-0.3, -0.25) is 0 Å². The lowest BCUT2D eigenvalue weighted by Gasteiger charge is -2.36. The molecule has 1 aromatic carbocycles. The summed E-state index contributed by atoms with van der Waals surface area (Å²) in [6.07, 6.45) is -1.64. The second kappa shape index (κ2) is 5.34. The zero-order valence-electron chi connectivity index (χ0n) is 11.1. The van der Waals surface area contributed by atoms with Crippen molar-refractivity contribution in [3.63, 3.8) is 0 Å². The maximum Gasteiger partial charge on any atom is 0.416 e. The van der Waals surface area contributed by atoms with Gasteiger partial charge in [-0.2, -0.15) is 13.2 Å². The number of carboxylic acid groups (broad SMARTS) is 1. The number of aromatic carboxylic acids is 1. The summed E-state index contributed by atoms with van der Waals surface area (Å²) in [5.74, 6) is -1.33. The Balaban J connectivity index is 2.45. The zero-order valence-corrected chi connectivity index (χ0v) is 11.1. The van der Waals surface area contributed by atoms with Crippen molar-refractivity contribution in [3.8, 4) is 0 Å². The fourth-order valence-electron chi connectivity index (χ4n) is 2.59. The molecule has 110 valence electrons. The Bertz CT molecular complexity index is 514. The van der Waals surface area contributed by atoms with Crippen LogP contribution in [0.1, 0.15) is 42.1 Å². The first-order valence-electron chi connectivity index (χ1n) is 6.52. The van der Waals surface area contributed by atoms with Gasteiger partial charge in [0.25, 0.3) is 0 Å². The van der Waals surface area contributed by atoms with E-state index in [0.29, 0.717) is 12.2 Å². The summed E-state index contributed by atoms with van der Waals surface area (Å²) < 4.78 is 38.0. The number of halogens is 3. The highest BCUT2D eigenvalue weighted by Gasteiger charge is 2.33. The molecule has 20 heavy (non-hydrogen) atoms. The van der Waals surface area contributed by atoms with Crippen LogP contribution < -0.4 is 4.90 Å². The number of hydrogen-bond donors (Lipinski definition) is 1. The lowest BCUT2D eigenvalue weighted by molar-refractivity contribution is -0.137. The Hall–Kier alpha value is -1.72. The number of hydrogen-bond acceptors (Lipinski definition) is 2. The number of rotatable bonds is 2. The Labute approximate surface area is 115 Å². The van der Waals surface area contributed by atoms with Crippen molar-refractivity contribution in [1.82, 2.24) is 0 Å². The molecule has 3 nitrogen and oxygen atoms in total. The van der Waals surface area contributed by atoms with Gasteiger partial charge in [0.15, 0.2) is 0 Å². The average Bonchev–Trinajstić information content (AvgIpc) is 2.37. The van der Waals surface area contributed by atoms with E-state index in [1.54, 1.807) is 0 Å². The van der Waals surface area contributed by atoms with Crippen LogP contribution in [0, 0.1) is 0 Å².